The maximum absolute atomic E-state index is 3.73. The van der Waals surface area contributed by atoms with Gasteiger partial charge in [-0.15, -0.1) is 0 Å². The summed E-state index contributed by atoms with van der Waals surface area (Å²) >= 11 is 0. The molecule has 0 aromatic carbocycles. The molecule has 0 radical (unpaired) electrons. The molecule has 1 heteroatoms. The summed E-state index contributed by atoms with van der Waals surface area (Å²) in [6.45, 7) is 12.0. The van der Waals surface area contributed by atoms with Crippen molar-refractivity contribution in [3.05, 3.63) is 35.0 Å². The highest BCUT2D eigenvalue weighted by molar-refractivity contribution is 5.40. The van der Waals surface area contributed by atoms with Gasteiger partial charge in [0, 0.05) is 23.8 Å². The average Bonchev–Trinajstić information content (AvgIpc) is 2.49. The number of allylic oxidation sites excluding steroid dienone is 1. The minimum absolute atomic E-state index is 1.06. The van der Waals surface area contributed by atoms with E-state index in [1.807, 2.05) is 19.9 Å². The second-order valence-electron chi connectivity index (χ2n) is 3.24. The van der Waals surface area contributed by atoms with E-state index in [2.05, 4.69) is 50.4 Å². The van der Waals surface area contributed by atoms with Crippen LogP contribution < -0.4 is 10.6 Å². The summed E-state index contributed by atoms with van der Waals surface area (Å²) in [5.74, 6) is 0. The van der Waals surface area contributed by atoms with Gasteiger partial charge in [0.2, 0.25) is 0 Å². The highest BCUT2D eigenvalue weighted by Crippen LogP contribution is 1.85. The second-order valence-corrected chi connectivity index (χ2v) is 3.24. The Balaban J connectivity index is 0.000000921. The fourth-order valence-corrected chi connectivity index (χ4v) is 1.60. The predicted octanol–water partition coefficient (Wildman–Crippen LogP) is 2.52. The summed E-state index contributed by atoms with van der Waals surface area (Å²) in [5, 5.41) is 2.58. The van der Waals surface area contributed by atoms with Crippen LogP contribution in [0.3, 0.4) is 0 Å². The van der Waals surface area contributed by atoms with Gasteiger partial charge in [0.15, 0.2) is 0 Å². The van der Waals surface area contributed by atoms with Gasteiger partial charge in [-0.3, -0.25) is 0 Å². The van der Waals surface area contributed by atoms with Crippen LogP contribution in [0.4, 0.5) is 0 Å². The molecule has 84 valence electrons. The lowest BCUT2D eigenvalue weighted by Gasteiger charge is -1.89. The van der Waals surface area contributed by atoms with Crippen molar-refractivity contribution < 1.29 is 0 Å². The molecule has 0 N–H and O–H groups in total. The molecule has 0 atom stereocenters. The Morgan fingerprint density at radius 1 is 1.40 bits per heavy atom. The van der Waals surface area contributed by atoms with Crippen LogP contribution in [-0.4, -0.2) is 4.57 Å². The molecule has 1 aromatic heterocycles. The average molecular weight is 205 g/mol. The summed E-state index contributed by atoms with van der Waals surface area (Å²) < 4.78 is 2.16. The molecule has 0 spiro atoms. The van der Waals surface area contributed by atoms with Crippen LogP contribution in [0.1, 0.15) is 32.8 Å². The topological polar surface area (TPSA) is 4.93 Å². The van der Waals surface area contributed by atoms with Crippen molar-refractivity contribution in [1.82, 2.24) is 4.57 Å². The third-order valence-electron chi connectivity index (χ3n) is 2.15. The van der Waals surface area contributed by atoms with Gasteiger partial charge in [-0.25, -0.2) is 0 Å². The summed E-state index contributed by atoms with van der Waals surface area (Å²) in [5.41, 5.74) is 1.31. The number of hydrogen-bond acceptors (Lipinski definition) is 0. The van der Waals surface area contributed by atoms with Crippen molar-refractivity contribution >= 4 is 12.2 Å². The summed E-state index contributed by atoms with van der Waals surface area (Å²) in [4.78, 5) is 0. The zero-order chi connectivity index (χ0) is 11.8. The van der Waals surface area contributed by atoms with Crippen LogP contribution in [0.15, 0.2) is 18.9 Å². The smallest absolute Gasteiger partial charge is 0.0439 e. The molecule has 15 heavy (non-hydrogen) atoms. The molecule has 0 fully saturated rings. The fourth-order valence-electron chi connectivity index (χ4n) is 1.60. The molecule has 0 amide bonds. The standard InChI is InChI=1S/C12H17N.C2H6/c1-5-7-11-10(3)9-13(4)12(11)8-6-2;1-2/h5,7-9H,1,6H2,2-4H3;1-2H3/b11-7-,12-8+;. The van der Waals surface area contributed by atoms with Crippen molar-refractivity contribution in [3.8, 4) is 0 Å². The first kappa shape index (κ1) is 13.8. The molecule has 0 aliphatic carbocycles. The van der Waals surface area contributed by atoms with Crippen LogP contribution in [0.2, 0.25) is 0 Å². The molecule has 1 heterocycles. The Labute approximate surface area is 93.4 Å². The molecule has 1 nitrogen and oxygen atoms in total. The normalized spacial score (nSPS) is 12.3. The molecule has 0 bridgehead atoms. The molecule has 0 saturated heterocycles. The Bertz CT molecular complexity index is 407. The van der Waals surface area contributed by atoms with E-state index >= 15 is 0 Å². The maximum Gasteiger partial charge on any atom is 0.0439 e. The Morgan fingerprint density at radius 2 is 2.00 bits per heavy atom. The minimum Gasteiger partial charge on any atom is -0.351 e. The van der Waals surface area contributed by atoms with Gasteiger partial charge in [0.1, 0.15) is 0 Å². The van der Waals surface area contributed by atoms with Gasteiger partial charge in [-0.05, 0) is 18.9 Å². The predicted molar refractivity (Wildman–Crippen MR) is 70.2 cm³/mol. The highest BCUT2D eigenvalue weighted by Gasteiger charge is 1.95. The Hall–Kier alpha value is -1.24. The zero-order valence-electron chi connectivity index (χ0n) is 10.7. The summed E-state index contributed by atoms with van der Waals surface area (Å²) in [6, 6.07) is 0. The van der Waals surface area contributed by atoms with Crippen LogP contribution >= 0.6 is 0 Å². The van der Waals surface area contributed by atoms with Gasteiger partial charge < -0.3 is 4.57 Å². The first-order chi connectivity index (χ1) is 7.20. The second kappa shape index (κ2) is 7.10. The Morgan fingerprint density at radius 3 is 2.47 bits per heavy atom. The molecule has 0 saturated carbocycles. The van der Waals surface area contributed by atoms with Gasteiger partial charge in [0.25, 0.3) is 0 Å². The lowest BCUT2D eigenvalue weighted by atomic mass is 10.2. The third kappa shape index (κ3) is 3.43. The monoisotopic (exact) mass is 205 g/mol. The molecule has 0 aliphatic rings. The lowest BCUT2D eigenvalue weighted by molar-refractivity contribution is 0.883. The van der Waals surface area contributed by atoms with E-state index in [1.54, 1.807) is 0 Å². The van der Waals surface area contributed by atoms with E-state index in [0.717, 1.165) is 6.42 Å². The summed E-state index contributed by atoms with van der Waals surface area (Å²) in [6.07, 6.45) is 9.36. The van der Waals surface area contributed by atoms with E-state index < -0.39 is 0 Å². The van der Waals surface area contributed by atoms with E-state index in [9.17, 15) is 0 Å². The van der Waals surface area contributed by atoms with Crippen molar-refractivity contribution in [2.75, 3.05) is 0 Å². The van der Waals surface area contributed by atoms with E-state index in [0.29, 0.717) is 0 Å². The van der Waals surface area contributed by atoms with Gasteiger partial charge in [0.05, 0.1) is 0 Å². The molecule has 0 aliphatic heterocycles. The number of hydrogen-bond donors (Lipinski definition) is 0. The first-order valence-corrected chi connectivity index (χ1v) is 5.65. The number of aromatic nitrogens is 1. The van der Waals surface area contributed by atoms with Crippen LogP contribution in [0, 0.1) is 6.92 Å². The quantitative estimate of drug-likeness (QED) is 0.699. The SMILES string of the molecule is C=C/C=c1/c(C)cn(C)/c1=C/CC.CC. The highest BCUT2D eigenvalue weighted by atomic mass is 14.9. The van der Waals surface area contributed by atoms with E-state index in [1.165, 1.54) is 16.1 Å². The van der Waals surface area contributed by atoms with Gasteiger partial charge >= 0.3 is 0 Å². The van der Waals surface area contributed by atoms with E-state index in [-0.39, 0.29) is 0 Å². The largest absolute Gasteiger partial charge is 0.351 e. The van der Waals surface area contributed by atoms with Crippen LogP contribution in [0.25, 0.3) is 12.2 Å². The van der Waals surface area contributed by atoms with Crippen molar-refractivity contribution in [2.45, 2.75) is 34.1 Å². The Kier molecular flexibility index (Phi) is 6.52. The van der Waals surface area contributed by atoms with Gasteiger partial charge in [-0.2, -0.15) is 0 Å². The first-order valence-electron chi connectivity index (χ1n) is 5.65. The molecular formula is C14H23N. The summed E-state index contributed by atoms with van der Waals surface area (Å²) in [7, 11) is 2.08. The van der Waals surface area contributed by atoms with Crippen LogP contribution in [-0.2, 0) is 7.05 Å². The number of nitrogens with zero attached hydrogens (tertiary/aromatic N) is 1. The molecule has 1 rings (SSSR count). The third-order valence-corrected chi connectivity index (χ3v) is 2.15. The molecule has 1 aromatic rings. The maximum atomic E-state index is 3.73. The minimum atomic E-state index is 1.06. The van der Waals surface area contributed by atoms with Crippen molar-refractivity contribution in [3.63, 3.8) is 0 Å². The fraction of sp³-hybridized carbons (Fsp3) is 0.429. The molecule has 0 unspecified atom stereocenters. The molecular weight excluding hydrogens is 182 g/mol. The lowest BCUT2D eigenvalue weighted by Crippen LogP contribution is -2.28. The zero-order valence-corrected chi connectivity index (χ0v) is 10.7. The van der Waals surface area contributed by atoms with Crippen LogP contribution in [0.5, 0.6) is 0 Å². The van der Waals surface area contributed by atoms with E-state index in [4.69, 9.17) is 0 Å². The number of aryl methyl sites for hydroxylation is 2. The van der Waals surface area contributed by atoms with Gasteiger partial charge in [-0.1, -0.05) is 45.6 Å². The van der Waals surface area contributed by atoms with Crippen molar-refractivity contribution in [2.24, 2.45) is 7.05 Å². The van der Waals surface area contributed by atoms with Crippen molar-refractivity contribution in [1.29, 1.82) is 0 Å². The number of rotatable bonds is 2.